The molecule has 12 heavy (non-hydrogen) atoms. The first-order valence-electron chi connectivity index (χ1n) is 3.22. The lowest BCUT2D eigenvalue weighted by atomic mass is 10.2. The Morgan fingerprint density at radius 1 is 1.42 bits per heavy atom. The molecule has 70 valence electrons. The van der Waals surface area contributed by atoms with Gasteiger partial charge in [0.05, 0.1) is 6.42 Å². The minimum Gasteiger partial charge on any atom is -0.479 e. The smallest absolute Gasteiger partial charge is 0.333 e. The van der Waals surface area contributed by atoms with E-state index in [9.17, 15) is 9.59 Å². The van der Waals surface area contributed by atoms with Gasteiger partial charge in [-0.05, 0) is 6.92 Å². The number of hydrogen-bond acceptors (Lipinski definition) is 5. The summed E-state index contributed by atoms with van der Waals surface area (Å²) in [6.07, 6.45) is -3.74. The summed E-state index contributed by atoms with van der Waals surface area (Å²) in [7, 11) is 0. The summed E-state index contributed by atoms with van der Waals surface area (Å²) in [6.45, 7) is 1.20. The molecule has 2 atom stereocenters. The van der Waals surface area contributed by atoms with Gasteiger partial charge in [-0.15, -0.1) is 0 Å². The first-order chi connectivity index (χ1) is 5.43. The van der Waals surface area contributed by atoms with Gasteiger partial charge >= 0.3 is 11.9 Å². The van der Waals surface area contributed by atoms with Gasteiger partial charge in [-0.1, -0.05) is 0 Å². The predicted octanol–water partition coefficient (Wildman–Crippen LogP) is -1.30. The second-order valence-corrected chi connectivity index (χ2v) is 2.15. The summed E-state index contributed by atoms with van der Waals surface area (Å²) in [5.74, 6) is -2.46. The maximum Gasteiger partial charge on any atom is 0.333 e. The van der Waals surface area contributed by atoms with Crippen LogP contribution in [-0.4, -0.2) is 39.7 Å². The van der Waals surface area contributed by atoms with Gasteiger partial charge in [-0.3, -0.25) is 4.79 Å². The first kappa shape index (κ1) is 10.9. The largest absolute Gasteiger partial charge is 0.479 e. The highest BCUT2D eigenvalue weighted by Crippen LogP contribution is 1.96. The zero-order valence-corrected chi connectivity index (χ0v) is 6.43. The normalized spacial score (nSPS) is 14.9. The summed E-state index contributed by atoms with van der Waals surface area (Å²) in [6, 6.07) is 0. The molecule has 0 aromatic rings. The third-order valence-corrected chi connectivity index (χ3v) is 0.947. The summed E-state index contributed by atoms with van der Waals surface area (Å²) in [5, 5.41) is 25.3. The van der Waals surface area contributed by atoms with Gasteiger partial charge in [0.1, 0.15) is 0 Å². The third-order valence-electron chi connectivity index (χ3n) is 0.947. The molecule has 0 aliphatic heterocycles. The van der Waals surface area contributed by atoms with E-state index in [0.29, 0.717) is 0 Å². The molecular formula is C6H10O6. The van der Waals surface area contributed by atoms with E-state index in [1.54, 1.807) is 0 Å². The number of aliphatic hydroxyl groups excluding tert-OH is 2. The number of rotatable bonds is 4. The van der Waals surface area contributed by atoms with Gasteiger partial charge in [-0.25, -0.2) is 4.79 Å². The molecule has 6 heteroatoms. The van der Waals surface area contributed by atoms with E-state index in [0.717, 1.165) is 0 Å². The van der Waals surface area contributed by atoms with Crippen molar-refractivity contribution in [3.63, 3.8) is 0 Å². The number of aliphatic hydroxyl groups is 2. The van der Waals surface area contributed by atoms with Crippen molar-refractivity contribution in [2.75, 3.05) is 0 Å². The molecule has 0 saturated carbocycles. The second-order valence-electron chi connectivity index (χ2n) is 2.15. The van der Waals surface area contributed by atoms with Crippen molar-refractivity contribution in [3.8, 4) is 0 Å². The molecule has 0 heterocycles. The van der Waals surface area contributed by atoms with Crippen molar-refractivity contribution in [3.05, 3.63) is 0 Å². The summed E-state index contributed by atoms with van der Waals surface area (Å²) in [5.41, 5.74) is 0. The van der Waals surface area contributed by atoms with E-state index >= 15 is 0 Å². The lowest BCUT2D eigenvalue weighted by Gasteiger charge is -2.07. The van der Waals surface area contributed by atoms with E-state index in [4.69, 9.17) is 15.3 Å². The van der Waals surface area contributed by atoms with Crippen LogP contribution in [0.25, 0.3) is 0 Å². The predicted molar refractivity (Wildman–Crippen MR) is 36.0 cm³/mol. The molecule has 0 aliphatic rings. The van der Waals surface area contributed by atoms with Crippen LogP contribution in [0.3, 0.4) is 0 Å². The minimum atomic E-state index is -1.78. The SMILES string of the molecule is CC(O)OC(=O)CC(O)C(=O)O. The Morgan fingerprint density at radius 3 is 2.25 bits per heavy atom. The van der Waals surface area contributed by atoms with Crippen molar-refractivity contribution in [2.45, 2.75) is 25.7 Å². The summed E-state index contributed by atoms with van der Waals surface area (Å²) < 4.78 is 4.16. The van der Waals surface area contributed by atoms with Crippen LogP contribution >= 0.6 is 0 Å². The lowest BCUT2D eigenvalue weighted by Crippen LogP contribution is -2.25. The summed E-state index contributed by atoms with van der Waals surface area (Å²) in [4.78, 5) is 20.6. The van der Waals surface area contributed by atoms with Gasteiger partial charge in [-0.2, -0.15) is 0 Å². The molecular weight excluding hydrogens is 168 g/mol. The first-order valence-corrected chi connectivity index (χ1v) is 3.22. The van der Waals surface area contributed by atoms with Gasteiger partial charge in [0.2, 0.25) is 0 Å². The lowest BCUT2D eigenvalue weighted by molar-refractivity contribution is -0.170. The van der Waals surface area contributed by atoms with Crippen LogP contribution in [0.15, 0.2) is 0 Å². The van der Waals surface area contributed by atoms with Crippen LogP contribution in [0.4, 0.5) is 0 Å². The molecule has 3 N–H and O–H groups in total. The maximum absolute atomic E-state index is 10.6. The van der Waals surface area contributed by atoms with Crippen LogP contribution in [0.2, 0.25) is 0 Å². The number of hydrogen-bond donors (Lipinski definition) is 3. The molecule has 2 unspecified atom stereocenters. The Labute approximate surface area is 68.4 Å². The second kappa shape index (κ2) is 4.68. The van der Waals surface area contributed by atoms with Crippen molar-refractivity contribution in [1.29, 1.82) is 0 Å². The van der Waals surface area contributed by atoms with Crippen LogP contribution in [0.5, 0.6) is 0 Å². The monoisotopic (exact) mass is 178 g/mol. The maximum atomic E-state index is 10.6. The zero-order valence-electron chi connectivity index (χ0n) is 6.43. The van der Waals surface area contributed by atoms with Crippen LogP contribution in [0.1, 0.15) is 13.3 Å². The standard InChI is InChI=1S/C6H10O6/c1-3(7)12-5(9)2-4(8)6(10)11/h3-4,7-8H,2H2,1H3,(H,10,11). The van der Waals surface area contributed by atoms with E-state index in [2.05, 4.69) is 4.74 Å². The number of ether oxygens (including phenoxy) is 1. The minimum absolute atomic E-state index is 0.666. The number of carbonyl (C=O) groups excluding carboxylic acids is 1. The topological polar surface area (TPSA) is 104 Å². The van der Waals surface area contributed by atoms with Crippen LogP contribution in [-0.2, 0) is 14.3 Å². The molecule has 0 fully saturated rings. The fourth-order valence-electron chi connectivity index (χ4n) is 0.484. The van der Waals surface area contributed by atoms with Crippen molar-refractivity contribution >= 4 is 11.9 Å². The fourth-order valence-corrected chi connectivity index (χ4v) is 0.484. The van der Waals surface area contributed by atoms with Gasteiger partial charge in [0, 0.05) is 0 Å². The molecule has 0 aliphatic carbocycles. The fraction of sp³-hybridized carbons (Fsp3) is 0.667. The van der Waals surface area contributed by atoms with Crippen molar-refractivity contribution in [1.82, 2.24) is 0 Å². The molecule has 6 nitrogen and oxygen atoms in total. The Kier molecular flexibility index (Phi) is 4.24. The molecule has 0 aromatic carbocycles. The molecule has 0 radical (unpaired) electrons. The Hall–Kier alpha value is -1.14. The highest BCUT2D eigenvalue weighted by Gasteiger charge is 2.19. The Balaban J connectivity index is 3.77. The number of carbonyl (C=O) groups is 2. The van der Waals surface area contributed by atoms with E-state index in [1.807, 2.05) is 0 Å². The van der Waals surface area contributed by atoms with Gasteiger partial charge < -0.3 is 20.1 Å². The Morgan fingerprint density at radius 2 is 1.92 bits per heavy atom. The third kappa shape index (κ3) is 4.64. The van der Waals surface area contributed by atoms with Crippen molar-refractivity contribution < 1.29 is 29.6 Å². The van der Waals surface area contributed by atoms with Crippen LogP contribution < -0.4 is 0 Å². The van der Waals surface area contributed by atoms with E-state index in [1.165, 1.54) is 6.92 Å². The zero-order chi connectivity index (χ0) is 9.72. The number of carboxylic acids is 1. The number of esters is 1. The van der Waals surface area contributed by atoms with Gasteiger partial charge in [0.25, 0.3) is 0 Å². The quantitative estimate of drug-likeness (QED) is 0.365. The molecule has 0 spiro atoms. The van der Waals surface area contributed by atoms with E-state index in [-0.39, 0.29) is 0 Å². The van der Waals surface area contributed by atoms with E-state index < -0.39 is 30.8 Å². The van der Waals surface area contributed by atoms with Crippen LogP contribution in [0, 0.1) is 0 Å². The molecule has 0 rings (SSSR count). The molecule has 0 bridgehead atoms. The average Bonchev–Trinajstić information content (AvgIpc) is 1.84. The molecule has 0 amide bonds. The van der Waals surface area contributed by atoms with Gasteiger partial charge in [0.15, 0.2) is 12.4 Å². The average molecular weight is 178 g/mol. The highest BCUT2D eigenvalue weighted by molar-refractivity contribution is 5.80. The highest BCUT2D eigenvalue weighted by atomic mass is 16.6. The van der Waals surface area contributed by atoms with Crippen molar-refractivity contribution in [2.24, 2.45) is 0 Å². The molecule has 0 saturated heterocycles. The Bertz CT molecular complexity index is 175. The number of aliphatic carboxylic acids is 1. The molecule has 0 aromatic heterocycles. The number of carboxylic acid groups (broad SMARTS) is 1. The summed E-state index contributed by atoms with van der Waals surface area (Å²) >= 11 is 0.